The molecule has 0 spiro atoms. The quantitative estimate of drug-likeness (QED) is 0.463. The van der Waals surface area contributed by atoms with Gasteiger partial charge in [0.25, 0.3) is 0 Å². The predicted molar refractivity (Wildman–Crippen MR) is 34.0 cm³/mol. The van der Waals surface area contributed by atoms with Crippen LogP contribution in [0.3, 0.4) is 0 Å². The molecule has 1 saturated heterocycles. The molecule has 1 aliphatic heterocycles. The normalized spacial score (nSPS) is 61.7. The lowest BCUT2D eigenvalue weighted by Crippen LogP contribution is -2.15. The zero-order chi connectivity index (χ0) is 6.72. The number of ether oxygens (including phenoxy) is 1. The van der Waals surface area contributed by atoms with Gasteiger partial charge < -0.3 is 4.74 Å². The lowest BCUT2D eigenvalue weighted by atomic mass is 9.90. The minimum atomic E-state index is 0.328. The van der Waals surface area contributed by atoms with Crippen molar-refractivity contribution in [3.8, 4) is 6.07 Å². The van der Waals surface area contributed by atoms with E-state index in [9.17, 15) is 0 Å². The summed E-state index contributed by atoms with van der Waals surface area (Å²) in [7, 11) is 0. The molecule has 52 valence electrons. The van der Waals surface area contributed by atoms with Crippen molar-refractivity contribution in [2.24, 2.45) is 17.8 Å². The van der Waals surface area contributed by atoms with Crippen LogP contribution >= 0.6 is 0 Å². The molecule has 2 heteroatoms. The van der Waals surface area contributed by atoms with Crippen LogP contribution < -0.4 is 0 Å². The molecule has 10 heavy (non-hydrogen) atoms. The van der Waals surface area contributed by atoms with Crippen LogP contribution in [0.5, 0.6) is 0 Å². The monoisotopic (exact) mass is 135 g/mol. The average molecular weight is 135 g/mol. The maximum absolute atomic E-state index is 8.72. The summed E-state index contributed by atoms with van der Waals surface area (Å²) in [6.45, 7) is 0. The molecular weight excluding hydrogens is 126 g/mol. The SMILES string of the molecule is N#C[C@H]1C[C@@H]2C[C@@H]1[C@@H]1O[C@@H]21. The van der Waals surface area contributed by atoms with Crippen LogP contribution in [0.1, 0.15) is 12.8 Å². The highest BCUT2D eigenvalue weighted by Crippen LogP contribution is 2.58. The van der Waals surface area contributed by atoms with Gasteiger partial charge in [0.1, 0.15) is 0 Å². The summed E-state index contributed by atoms with van der Waals surface area (Å²) >= 11 is 0. The lowest BCUT2D eigenvalue weighted by molar-refractivity contribution is 0.259. The van der Waals surface area contributed by atoms with Crippen molar-refractivity contribution in [3.05, 3.63) is 0 Å². The van der Waals surface area contributed by atoms with Gasteiger partial charge in [0.05, 0.1) is 24.2 Å². The Kier molecular flexibility index (Phi) is 0.709. The number of hydrogen-bond donors (Lipinski definition) is 0. The summed E-state index contributed by atoms with van der Waals surface area (Å²) in [5, 5.41) is 8.72. The third kappa shape index (κ3) is 0.411. The number of nitrogens with zero attached hydrogens (tertiary/aromatic N) is 1. The van der Waals surface area contributed by atoms with E-state index in [4.69, 9.17) is 10.00 Å². The van der Waals surface area contributed by atoms with Gasteiger partial charge in [-0.3, -0.25) is 0 Å². The fourth-order valence-electron chi connectivity index (χ4n) is 2.75. The van der Waals surface area contributed by atoms with Crippen LogP contribution in [0, 0.1) is 29.1 Å². The molecular formula is C8H9NO. The zero-order valence-corrected chi connectivity index (χ0v) is 5.66. The lowest BCUT2D eigenvalue weighted by Gasteiger charge is -2.09. The van der Waals surface area contributed by atoms with E-state index < -0.39 is 0 Å². The molecule has 3 aliphatic rings. The van der Waals surface area contributed by atoms with Crippen molar-refractivity contribution in [2.75, 3.05) is 0 Å². The van der Waals surface area contributed by atoms with Crippen LogP contribution in [0.4, 0.5) is 0 Å². The maximum atomic E-state index is 8.72. The summed E-state index contributed by atoms with van der Waals surface area (Å²) in [5.74, 6) is 1.69. The van der Waals surface area contributed by atoms with E-state index in [1.807, 2.05) is 0 Å². The maximum Gasteiger partial charge on any atom is 0.0885 e. The Morgan fingerprint density at radius 2 is 2.20 bits per heavy atom. The van der Waals surface area contributed by atoms with Crippen LogP contribution in [-0.2, 0) is 4.74 Å². The number of hydrogen-bond acceptors (Lipinski definition) is 2. The van der Waals surface area contributed by atoms with Gasteiger partial charge in [0.2, 0.25) is 0 Å². The van der Waals surface area contributed by atoms with Gasteiger partial charge in [0, 0.05) is 5.92 Å². The van der Waals surface area contributed by atoms with Crippen LogP contribution in [-0.4, -0.2) is 12.2 Å². The highest BCUT2D eigenvalue weighted by Gasteiger charge is 2.63. The van der Waals surface area contributed by atoms with Crippen molar-refractivity contribution in [1.29, 1.82) is 5.26 Å². The van der Waals surface area contributed by atoms with Crippen molar-refractivity contribution in [1.82, 2.24) is 0 Å². The Bertz CT molecular complexity index is 220. The smallest absolute Gasteiger partial charge is 0.0885 e. The van der Waals surface area contributed by atoms with Gasteiger partial charge in [-0.15, -0.1) is 0 Å². The van der Waals surface area contributed by atoms with E-state index >= 15 is 0 Å². The molecule has 0 aromatic carbocycles. The van der Waals surface area contributed by atoms with Crippen molar-refractivity contribution in [2.45, 2.75) is 25.0 Å². The first-order valence-corrected chi connectivity index (χ1v) is 3.95. The fourth-order valence-corrected chi connectivity index (χ4v) is 2.75. The van der Waals surface area contributed by atoms with Gasteiger partial charge in [-0.1, -0.05) is 0 Å². The van der Waals surface area contributed by atoms with Gasteiger partial charge >= 0.3 is 0 Å². The van der Waals surface area contributed by atoms with Crippen LogP contribution in [0.15, 0.2) is 0 Å². The van der Waals surface area contributed by atoms with Gasteiger partial charge in [-0.25, -0.2) is 0 Å². The minimum absolute atomic E-state index is 0.328. The summed E-state index contributed by atoms with van der Waals surface area (Å²) < 4.78 is 5.42. The second kappa shape index (κ2) is 1.38. The summed E-state index contributed by atoms with van der Waals surface area (Å²) in [6.07, 6.45) is 3.47. The number of fused-ring (bicyclic) bond motifs is 5. The number of nitriles is 1. The topological polar surface area (TPSA) is 36.3 Å². The van der Waals surface area contributed by atoms with E-state index in [-0.39, 0.29) is 0 Å². The summed E-state index contributed by atoms with van der Waals surface area (Å²) in [6, 6.07) is 2.37. The highest BCUT2D eigenvalue weighted by molar-refractivity contribution is 5.14. The number of epoxide rings is 1. The second-order valence-corrected chi connectivity index (χ2v) is 3.70. The van der Waals surface area contributed by atoms with E-state index in [1.165, 1.54) is 6.42 Å². The fraction of sp³-hybridized carbons (Fsp3) is 0.875. The number of rotatable bonds is 0. The molecule has 2 bridgehead atoms. The molecule has 3 rings (SSSR count). The first-order chi connectivity index (χ1) is 4.90. The standard InChI is InChI=1S/C8H9NO/c9-3-5-1-4-2-6(5)8-7(4)10-8/h4-8H,1-2H2/t4-,5-,6+,7+,8+/m1/s1. The largest absolute Gasteiger partial charge is 0.369 e. The van der Waals surface area contributed by atoms with Crippen LogP contribution in [0.2, 0.25) is 0 Å². The molecule has 5 atom stereocenters. The zero-order valence-electron chi connectivity index (χ0n) is 5.66. The van der Waals surface area contributed by atoms with Gasteiger partial charge in [0.15, 0.2) is 0 Å². The highest BCUT2D eigenvalue weighted by atomic mass is 16.6. The van der Waals surface area contributed by atoms with Crippen LogP contribution in [0.25, 0.3) is 0 Å². The Balaban J connectivity index is 1.93. The summed E-state index contributed by atoms with van der Waals surface area (Å²) in [5.41, 5.74) is 0. The first kappa shape index (κ1) is 5.15. The molecule has 0 amide bonds. The molecule has 0 aromatic heterocycles. The van der Waals surface area contributed by atoms with Crippen molar-refractivity contribution in [3.63, 3.8) is 0 Å². The summed E-state index contributed by atoms with van der Waals surface area (Å²) in [4.78, 5) is 0. The first-order valence-electron chi connectivity index (χ1n) is 3.95. The van der Waals surface area contributed by atoms with Gasteiger partial charge in [-0.2, -0.15) is 5.26 Å². The predicted octanol–water partition coefficient (Wildman–Crippen LogP) is 0.933. The van der Waals surface area contributed by atoms with Crippen molar-refractivity contribution < 1.29 is 4.74 Å². The average Bonchev–Trinajstić information content (AvgIpc) is 2.58. The third-order valence-corrected chi connectivity index (χ3v) is 3.26. The molecule has 1 heterocycles. The Labute approximate surface area is 59.8 Å². The molecule has 2 aliphatic carbocycles. The second-order valence-electron chi connectivity index (χ2n) is 3.70. The molecule has 2 nitrogen and oxygen atoms in total. The Morgan fingerprint density at radius 1 is 1.30 bits per heavy atom. The van der Waals surface area contributed by atoms with E-state index in [0.717, 1.165) is 12.3 Å². The van der Waals surface area contributed by atoms with E-state index in [2.05, 4.69) is 6.07 Å². The Morgan fingerprint density at radius 3 is 2.80 bits per heavy atom. The third-order valence-electron chi connectivity index (χ3n) is 3.26. The molecule has 0 aromatic rings. The Hall–Kier alpha value is -0.550. The molecule has 3 fully saturated rings. The molecule has 0 radical (unpaired) electrons. The minimum Gasteiger partial charge on any atom is -0.369 e. The molecule has 0 N–H and O–H groups in total. The molecule has 0 unspecified atom stereocenters. The van der Waals surface area contributed by atoms with E-state index in [0.29, 0.717) is 24.0 Å². The van der Waals surface area contributed by atoms with Crippen molar-refractivity contribution >= 4 is 0 Å². The molecule has 2 saturated carbocycles. The van der Waals surface area contributed by atoms with E-state index in [1.54, 1.807) is 0 Å². The van der Waals surface area contributed by atoms with Gasteiger partial charge in [-0.05, 0) is 18.8 Å².